The topological polar surface area (TPSA) is 71.3 Å². The van der Waals surface area contributed by atoms with Crippen molar-refractivity contribution in [1.82, 2.24) is 19.1 Å². The standard InChI is InChI=1S/C25H31N5O2S/c1-20-7-12-25(22-5-3-2-4-6-22)33(31,32)30(20)17-21-8-10-23(11-9-21)28-15-13-24(14-16-28)29-18-26-27-19-29/h2-6,8-11,18-20,24-25H,7,12-17H2,1H3/t20-,25?/m0/s1. The number of hydrogen-bond donors (Lipinski definition) is 0. The number of sulfonamides is 1. The van der Waals surface area contributed by atoms with E-state index in [1.54, 1.807) is 17.0 Å². The Morgan fingerprint density at radius 1 is 0.879 bits per heavy atom. The van der Waals surface area contributed by atoms with Crippen LogP contribution < -0.4 is 4.90 Å². The number of piperidine rings is 1. The molecule has 0 saturated carbocycles. The molecule has 0 spiro atoms. The van der Waals surface area contributed by atoms with Crippen LogP contribution in [0.5, 0.6) is 0 Å². The molecule has 2 atom stereocenters. The van der Waals surface area contributed by atoms with Gasteiger partial charge in [0.25, 0.3) is 0 Å². The van der Waals surface area contributed by atoms with Gasteiger partial charge in [-0.3, -0.25) is 0 Å². The molecule has 1 unspecified atom stereocenters. The lowest BCUT2D eigenvalue weighted by atomic mass is 10.0. The first-order valence-corrected chi connectivity index (χ1v) is 13.3. The summed E-state index contributed by atoms with van der Waals surface area (Å²) >= 11 is 0. The molecule has 2 aromatic carbocycles. The van der Waals surface area contributed by atoms with Gasteiger partial charge in [0.2, 0.25) is 10.0 Å². The van der Waals surface area contributed by atoms with Gasteiger partial charge >= 0.3 is 0 Å². The molecule has 0 amide bonds. The van der Waals surface area contributed by atoms with Crippen molar-refractivity contribution in [2.45, 2.75) is 56.5 Å². The molecule has 8 heteroatoms. The van der Waals surface area contributed by atoms with E-state index < -0.39 is 15.3 Å². The fourth-order valence-corrected chi connectivity index (χ4v) is 7.36. The number of rotatable bonds is 5. The van der Waals surface area contributed by atoms with E-state index in [4.69, 9.17) is 0 Å². The quantitative estimate of drug-likeness (QED) is 0.565. The Morgan fingerprint density at radius 2 is 1.55 bits per heavy atom. The van der Waals surface area contributed by atoms with Gasteiger partial charge in [-0.05, 0) is 55.9 Å². The molecule has 2 fully saturated rings. The molecule has 3 aromatic rings. The minimum absolute atomic E-state index is 0.00586. The number of benzene rings is 2. The van der Waals surface area contributed by atoms with Crippen LogP contribution >= 0.6 is 0 Å². The van der Waals surface area contributed by atoms with Crippen LogP contribution in [0.2, 0.25) is 0 Å². The van der Waals surface area contributed by atoms with E-state index in [0.717, 1.165) is 43.5 Å². The second-order valence-electron chi connectivity index (χ2n) is 9.21. The van der Waals surface area contributed by atoms with Crippen molar-refractivity contribution < 1.29 is 8.42 Å². The molecule has 33 heavy (non-hydrogen) atoms. The lowest BCUT2D eigenvalue weighted by molar-refractivity contribution is 0.282. The number of hydrogen-bond acceptors (Lipinski definition) is 5. The Hall–Kier alpha value is -2.71. The molecular formula is C25H31N5O2S. The summed E-state index contributed by atoms with van der Waals surface area (Å²) in [6, 6.07) is 18.5. The highest BCUT2D eigenvalue weighted by molar-refractivity contribution is 7.89. The Labute approximate surface area is 196 Å². The van der Waals surface area contributed by atoms with Gasteiger partial charge in [0, 0.05) is 37.4 Å². The summed E-state index contributed by atoms with van der Waals surface area (Å²) in [5, 5.41) is 7.39. The van der Waals surface area contributed by atoms with E-state index in [2.05, 4.69) is 43.9 Å². The largest absolute Gasteiger partial charge is 0.371 e. The van der Waals surface area contributed by atoms with Crippen LogP contribution in [0.15, 0.2) is 67.3 Å². The Bertz CT molecular complexity index is 1140. The maximum absolute atomic E-state index is 13.5. The van der Waals surface area contributed by atoms with Crippen molar-refractivity contribution in [2.24, 2.45) is 0 Å². The number of nitrogens with zero attached hydrogens (tertiary/aromatic N) is 5. The van der Waals surface area contributed by atoms with Crippen LogP contribution in [0.3, 0.4) is 0 Å². The zero-order valence-electron chi connectivity index (χ0n) is 19.0. The normalized spacial score (nSPS) is 24.1. The second kappa shape index (κ2) is 9.27. The smallest absolute Gasteiger partial charge is 0.221 e. The van der Waals surface area contributed by atoms with Gasteiger partial charge in [0.05, 0.1) is 0 Å². The fourth-order valence-electron chi connectivity index (χ4n) is 5.16. The van der Waals surface area contributed by atoms with Crippen molar-refractivity contribution in [1.29, 1.82) is 0 Å². The van der Waals surface area contributed by atoms with Crippen LogP contribution in [0.4, 0.5) is 5.69 Å². The Balaban J connectivity index is 1.26. The lowest BCUT2D eigenvalue weighted by Gasteiger charge is -2.37. The summed E-state index contributed by atoms with van der Waals surface area (Å²) in [5.41, 5.74) is 3.11. The van der Waals surface area contributed by atoms with Gasteiger partial charge in [0.15, 0.2) is 0 Å². The molecule has 174 valence electrons. The predicted octanol–water partition coefficient (Wildman–Crippen LogP) is 4.18. The summed E-state index contributed by atoms with van der Waals surface area (Å²) in [6.45, 7) is 4.41. The van der Waals surface area contributed by atoms with Crippen molar-refractivity contribution in [3.8, 4) is 0 Å². The molecule has 2 saturated heterocycles. The van der Waals surface area contributed by atoms with Gasteiger partial charge in [-0.25, -0.2) is 8.42 Å². The van der Waals surface area contributed by atoms with Crippen LogP contribution in [0.25, 0.3) is 0 Å². The molecule has 5 rings (SSSR count). The molecule has 0 aliphatic carbocycles. The van der Waals surface area contributed by atoms with Gasteiger partial charge in [-0.1, -0.05) is 42.5 Å². The molecule has 2 aliphatic heterocycles. The molecule has 1 aromatic heterocycles. The third-order valence-corrected chi connectivity index (χ3v) is 9.53. The van der Waals surface area contributed by atoms with E-state index in [1.807, 2.05) is 37.3 Å². The summed E-state index contributed by atoms with van der Waals surface area (Å²) in [6.07, 6.45) is 7.26. The third-order valence-electron chi connectivity index (χ3n) is 7.16. The van der Waals surface area contributed by atoms with Gasteiger partial charge in [0.1, 0.15) is 17.9 Å². The average Bonchev–Trinajstić information content (AvgIpc) is 3.38. The first-order chi connectivity index (χ1) is 16.0. The first-order valence-electron chi connectivity index (χ1n) is 11.8. The van der Waals surface area contributed by atoms with E-state index in [9.17, 15) is 8.42 Å². The highest BCUT2D eigenvalue weighted by Gasteiger charge is 2.40. The predicted molar refractivity (Wildman–Crippen MR) is 129 cm³/mol. The van der Waals surface area contributed by atoms with Crippen LogP contribution in [-0.4, -0.2) is 46.6 Å². The minimum atomic E-state index is -3.41. The summed E-state index contributed by atoms with van der Waals surface area (Å²) in [5.74, 6) is 0. The molecule has 7 nitrogen and oxygen atoms in total. The zero-order valence-corrected chi connectivity index (χ0v) is 19.8. The van der Waals surface area contributed by atoms with Crippen molar-refractivity contribution in [3.63, 3.8) is 0 Å². The van der Waals surface area contributed by atoms with E-state index >= 15 is 0 Å². The minimum Gasteiger partial charge on any atom is -0.371 e. The Morgan fingerprint density at radius 3 is 2.21 bits per heavy atom. The molecule has 2 aliphatic rings. The van der Waals surface area contributed by atoms with Crippen LogP contribution in [-0.2, 0) is 16.6 Å². The van der Waals surface area contributed by atoms with E-state index in [0.29, 0.717) is 19.0 Å². The summed E-state index contributed by atoms with van der Waals surface area (Å²) < 4.78 is 30.8. The third kappa shape index (κ3) is 4.54. The second-order valence-corrected chi connectivity index (χ2v) is 11.3. The van der Waals surface area contributed by atoms with Crippen LogP contribution in [0.1, 0.15) is 55.0 Å². The Kier molecular flexibility index (Phi) is 6.21. The van der Waals surface area contributed by atoms with Crippen molar-refractivity contribution in [2.75, 3.05) is 18.0 Å². The van der Waals surface area contributed by atoms with Gasteiger partial charge < -0.3 is 9.47 Å². The zero-order chi connectivity index (χ0) is 22.8. The maximum atomic E-state index is 13.5. The number of aromatic nitrogens is 3. The summed E-state index contributed by atoms with van der Waals surface area (Å²) in [7, 11) is -3.41. The number of anilines is 1. The molecule has 0 bridgehead atoms. The molecule has 0 N–H and O–H groups in total. The van der Waals surface area contributed by atoms with E-state index in [1.165, 1.54) is 5.69 Å². The lowest BCUT2D eigenvalue weighted by Crippen LogP contribution is -2.44. The maximum Gasteiger partial charge on any atom is 0.221 e. The van der Waals surface area contributed by atoms with Crippen molar-refractivity contribution in [3.05, 3.63) is 78.4 Å². The first kappa shape index (κ1) is 22.1. The average molecular weight is 466 g/mol. The fraction of sp³-hybridized carbons (Fsp3) is 0.440. The van der Waals surface area contributed by atoms with Crippen LogP contribution in [0, 0.1) is 0 Å². The van der Waals surface area contributed by atoms with E-state index in [-0.39, 0.29) is 6.04 Å². The van der Waals surface area contributed by atoms with Gasteiger partial charge in [-0.15, -0.1) is 10.2 Å². The van der Waals surface area contributed by atoms with Gasteiger partial charge in [-0.2, -0.15) is 4.31 Å². The monoisotopic (exact) mass is 465 g/mol. The highest BCUT2D eigenvalue weighted by Crippen LogP contribution is 2.38. The molecular weight excluding hydrogens is 434 g/mol. The highest BCUT2D eigenvalue weighted by atomic mass is 32.2. The summed E-state index contributed by atoms with van der Waals surface area (Å²) in [4.78, 5) is 2.40. The molecule has 3 heterocycles. The molecule has 0 radical (unpaired) electrons. The SMILES string of the molecule is C[C@H]1CCC(c2ccccc2)S(=O)(=O)N1Cc1ccc(N2CCC(n3cnnc3)CC2)cc1. The van der Waals surface area contributed by atoms with Crippen molar-refractivity contribution >= 4 is 15.7 Å².